The quantitative estimate of drug-likeness (QED) is 0.767. The number of hydrogen-bond acceptors (Lipinski definition) is 2. The number of rotatable bonds is 1. The van der Waals surface area contributed by atoms with Gasteiger partial charge in [-0.2, -0.15) is 0 Å². The molecule has 0 aromatic carbocycles. The molecule has 3 rings (SSSR count). The van der Waals surface area contributed by atoms with Gasteiger partial charge in [0.05, 0.1) is 6.10 Å². The van der Waals surface area contributed by atoms with Crippen molar-refractivity contribution in [1.29, 1.82) is 0 Å². The van der Waals surface area contributed by atoms with Crippen molar-refractivity contribution in [3.8, 4) is 0 Å². The number of hydrogen-bond donors (Lipinski definition) is 1. The normalized spacial score (nSPS) is 36.2. The first-order valence-electron chi connectivity index (χ1n) is 7.79. The lowest BCUT2D eigenvalue weighted by Crippen LogP contribution is -2.62. The van der Waals surface area contributed by atoms with Crippen LogP contribution < -0.4 is 5.32 Å². The summed E-state index contributed by atoms with van der Waals surface area (Å²) in [6.07, 6.45) is 8.18. The zero-order valence-electron chi connectivity index (χ0n) is 12.5. The lowest BCUT2D eigenvalue weighted by atomic mass is 9.72. The molecule has 3 fully saturated rings. The Morgan fingerprint density at radius 1 is 1.00 bits per heavy atom. The van der Waals surface area contributed by atoms with E-state index >= 15 is 0 Å². The molecule has 104 valence electrons. The minimum absolute atomic E-state index is 0.0122. The Hall–Kier alpha value is -0.0800. The van der Waals surface area contributed by atoms with Gasteiger partial charge >= 0.3 is 0 Å². The Bertz CT molecular complexity index is 314. The molecule has 3 aliphatic rings. The summed E-state index contributed by atoms with van der Waals surface area (Å²) in [4.78, 5) is 0. The lowest BCUT2D eigenvalue weighted by molar-refractivity contribution is -0.208. The smallest absolute Gasteiger partial charge is 0.119 e. The SMILES string of the molecule is CC(C)C1OC2(CCC(C)(C)CC2)NCC12CC2. The highest BCUT2D eigenvalue weighted by atomic mass is 16.5. The van der Waals surface area contributed by atoms with Crippen LogP contribution in [0.3, 0.4) is 0 Å². The molecule has 1 saturated heterocycles. The van der Waals surface area contributed by atoms with Gasteiger partial charge in [0.2, 0.25) is 0 Å². The minimum Gasteiger partial charge on any atom is -0.357 e. The van der Waals surface area contributed by atoms with Gasteiger partial charge in [-0.15, -0.1) is 0 Å². The third-order valence-electron chi connectivity index (χ3n) is 5.63. The molecule has 2 aliphatic carbocycles. The molecular weight excluding hydrogens is 222 g/mol. The van der Waals surface area contributed by atoms with Crippen molar-refractivity contribution in [2.75, 3.05) is 6.54 Å². The zero-order chi connectivity index (χ0) is 13.0. The van der Waals surface area contributed by atoms with Gasteiger partial charge in [0.25, 0.3) is 0 Å². The second kappa shape index (κ2) is 3.96. The fourth-order valence-electron chi connectivity index (χ4n) is 3.94. The van der Waals surface area contributed by atoms with Crippen molar-refractivity contribution < 1.29 is 4.74 Å². The van der Waals surface area contributed by atoms with Crippen LogP contribution in [0, 0.1) is 16.7 Å². The average Bonchev–Trinajstić information content (AvgIpc) is 3.07. The van der Waals surface area contributed by atoms with Gasteiger partial charge in [-0.05, 0) is 49.9 Å². The monoisotopic (exact) mass is 251 g/mol. The van der Waals surface area contributed by atoms with Crippen LogP contribution in [0.1, 0.15) is 66.2 Å². The first-order valence-corrected chi connectivity index (χ1v) is 7.79. The van der Waals surface area contributed by atoms with Gasteiger partial charge in [0, 0.05) is 12.0 Å². The van der Waals surface area contributed by atoms with E-state index < -0.39 is 0 Å². The van der Waals surface area contributed by atoms with Crippen LogP contribution in [0.25, 0.3) is 0 Å². The van der Waals surface area contributed by atoms with Crippen LogP contribution in [-0.2, 0) is 4.74 Å². The van der Waals surface area contributed by atoms with Gasteiger partial charge in [-0.1, -0.05) is 27.7 Å². The van der Waals surface area contributed by atoms with E-state index in [4.69, 9.17) is 4.74 Å². The van der Waals surface area contributed by atoms with Gasteiger partial charge in [0.1, 0.15) is 5.72 Å². The molecule has 2 spiro atoms. The standard InChI is InChI=1S/C16H29NO/c1-12(2)13-15(7-8-15)11-17-16(18-13)9-5-14(3,4)6-10-16/h12-13,17H,5-11H2,1-4H3. The van der Waals surface area contributed by atoms with Crippen molar-refractivity contribution in [3.05, 3.63) is 0 Å². The summed E-state index contributed by atoms with van der Waals surface area (Å²) in [5, 5.41) is 3.79. The molecular formula is C16H29NO. The van der Waals surface area contributed by atoms with Crippen molar-refractivity contribution in [2.24, 2.45) is 16.7 Å². The molecule has 2 heteroatoms. The van der Waals surface area contributed by atoms with Crippen LogP contribution in [0.4, 0.5) is 0 Å². The average molecular weight is 251 g/mol. The molecule has 1 heterocycles. The molecule has 1 atom stereocenters. The number of nitrogens with one attached hydrogen (secondary N) is 1. The Balaban J connectivity index is 1.72. The molecule has 18 heavy (non-hydrogen) atoms. The topological polar surface area (TPSA) is 21.3 Å². The summed E-state index contributed by atoms with van der Waals surface area (Å²) in [7, 11) is 0. The van der Waals surface area contributed by atoms with E-state index in [1.807, 2.05) is 0 Å². The van der Waals surface area contributed by atoms with E-state index in [1.54, 1.807) is 0 Å². The van der Waals surface area contributed by atoms with E-state index in [0.29, 0.717) is 22.9 Å². The predicted octanol–water partition coefficient (Wildman–Crippen LogP) is 3.71. The van der Waals surface area contributed by atoms with Crippen molar-refractivity contribution in [1.82, 2.24) is 5.32 Å². The zero-order valence-corrected chi connectivity index (χ0v) is 12.5. The van der Waals surface area contributed by atoms with Crippen molar-refractivity contribution in [3.63, 3.8) is 0 Å². The maximum Gasteiger partial charge on any atom is 0.119 e. The second-order valence-electron chi connectivity index (χ2n) is 8.16. The highest BCUT2D eigenvalue weighted by Gasteiger charge is 2.58. The van der Waals surface area contributed by atoms with E-state index in [2.05, 4.69) is 33.0 Å². The molecule has 1 unspecified atom stereocenters. The molecule has 1 aliphatic heterocycles. The van der Waals surface area contributed by atoms with Crippen LogP contribution in [0.2, 0.25) is 0 Å². The summed E-state index contributed by atoms with van der Waals surface area (Å²) >= 11 is 0. The van der Waals surface area contributed by atoms with Crippen LogP contribution >= 0.6 is 0 Å². The summed E-state index contributed by atoms with van der Waals surface area (Å²) in [6, 6.07) is 0. The van der Waals surface area contributed by atoms with Crippen LogP contribution in [-0.4, -0.2) is 18.4 Å². The Morgan fingerprint density at radius 2 is 1.61 bits per heavy atom. The maximum absolute atomic E-state index is 6.64. The fourth-order valence-corrected chi connectivity index (χ4v) is 3.94. The molecule has 0 aromatic heterocycles. The predicted molar refractivity (Wildman–Crippen MR) is 74.4 cm³/mol. The van der Waals surface area contributed by atoms with Crippen LogP contribution in [0.15, 0.2) is 0 Å². The lowest BCUT2D eigenvalue weighted by Gasteiger charge is -2.52. The van der Waals surface area contributed by atoms with E-state index in [-0.39, 0.29) is 5.72 Å². The number of ether oxygens (including phenoxy) is 1. The molecule has 0 aromatic rings. The van der Waals surface area contributed by atoms with E-state index in [1.165, 1.54) is 45.1 Å². The van der Waals surface area contributed by atoms with Crippen molar-refractivity contribution in [2.45, 2.75) is 78.0 Å². The van der Waals surface area contributed by atoms with Crippen LogP contribution in [0.5, 0.6) is 0 Å². The second-order valence-corrected chi connectivity index (χ2v) is 8.16. The van der Waals surface area contributed by atoms with Gasteiger partial charge < -0.3 is 4.74 Å². The fraction of sp³-hybridized carbons (Fsp3) is 1.00. The van der Waals surface area contributed by atoms with Gasteiger partial charge in [-0.3, -0.25) is 5.32 Å². The summed E-state index contributed by atoms with van der Waals surface area (Å²) < 4.78 is 6.64. The Morgan fingerprint density at radius 3 is 2.11 bits per heavy atom. The highest BCUT2D eigenvalue weighted by molar-refractivity contribution is 5.08. The van der Waals surface area contributed by atoms with Gasteiger partial charge in [-0.25, -0.2) is 0 Å². The van der Waals surface area contributed by atoms with E-state index in [0.717, 1.165) is 0 Å². The highest BCUT2D eigenvalue weighted by Crippen LogP contribution is 2.56. The summed E-state index contributed by atoms with van der Waals surface area (Å²) in [6.45, 7) is 10.6. The molecule has 0 radical (unpaired) electrons. The Kier molecular flexibility index (Phi) is 2.84. The minimum atomic E-state index is 0.0122. The summed E-state index contributed by atoms with van der Waals surface area (Å²) in [5.74, 6) is 0.654. The molecule has 2 nitrogen and oxygen atoms in total. The molecule has 2 saturated carbocycles. The molecule has 1 N–H and O–H groups in total. The third-order valence-corrected chi connectivity index (χ3v) is 5.63. The first kappa shape index (κ1) is 12.9. The first-order chi connectivity index (χ1) is 8.37. The molecule has 0 amide bonds. The Labute approximate surface area is 112 Å². The maximum atomic E-state index is 6.64. The largest absolute Gasteiger partial charge is 0.357 e. The summed E-state index contributed by atoms with van der Waals surface area (Å²) in [5.41, 5.74) is 1.02. The van der Waals surface area contributed by atoms with Crippen molar-refractivity contribution >= 4 is 0 Å². The molecule has 0 bridgehead atoms. The van der Waals surface area contributed by atoms with Gasteiger partial charge in [0.15, 0.2) is 0 Å². The van der Waals surface area contributed by atoms with E-state index in [9.17, 15) is 0 Å². The third kappa shape index (κ3) is 2.12.